The number of nitriles is 1. The lowest BCUT2D eigenvalue weighted by atomic mass is 10.1. The van der Waals surface area contributed by atoms with Gasteiger partial charge >= 0.3 is 0 Å². The number of likely N-dealkylation sites (tertiary alicyclic amines) is 1. The molecular weight excluding hydrogens is 280 g/mol. The minimum Gasteiger partial charge on any atom is -0.331 e. The number of hydrogen-bond donors (Lipinski definition) is 1. The zero-order chi connectivity index (χ0) is 15.4. The number of aromatic nitrogens is 3. The minimum atomic E-state index is -0.148. The molecule has 1 amide bonds. The number of amides is 1. The lowest BCUT2D eigenvalue weighted by Gasteiger charge is -2.08. The van der Waals surface area contributed by atoms with Crippen LogP contribution < -0.4 is 5.32 Å². The van der Waals surface area contributed by atoms with Gasteiger partial charge in [-0.05, 0) is 24.1 Å². The molecule has 0 radical (unpaired) electrons. The van der Waals surface area contributed by atoms with Gasteiger partial charge < -0.3 is 14.8 Å². The number of nitrogens with zero attached hydrogens (tertiary/aromatic N) is 5. The van der Waals surface area contributed by atoms with Crippen LogP contribution in [0.5, 0.6) is 0 Å². The highest BCUT2D eigenvalue weighted by atomic mass is 16.2. The van der Waals surface area contributed by atoms with E-state index in [1.54, 1.807) is 29.8 Å². The molecule has 2 aromatic rings. The highest BCUT2D eigenvalue weighted by Crippen LogP contribution is 2.17. The first kappa shape index (κ1) is 14.1. The average molecular weight is 296 g/mol. The first-order valence-electron chi connectivity index (χ1n) is 7.11. The predicted octanol–water partition coefficient (Wildman–Crippen LogP) is 1.07. The van der Waals surface area contributed by atoms with Gasteiger partial charge in [0.2, 0.25) is 5.91 Å². The van der Waals surface area contributed by atoms with Gasteiger partial charge in [-0.25, -0.2) is 4.98 Å². The summed E-state index contributed by atoms with van der Waals surface area (Å²) in [6.07, 6.45) is 9.76. The Bertz CT molecular complexity index is 690. The quantitative estimate of drug-likeness (QED) is 0.853. The molecule has 1 aliphatic heterocycles. The number of anilines is 1. The van der Waals surface area contributed by atoms with Crippen LogP contribution in [0.25, 0.3) is 0 Å². The molecule has 0 spiro atoms. The molecule has 1 N–H and O–H groups in total. The maximum absolute atomic E-state index is 12.1. The summed E-state index contributed by atoms with van der Waals surface area (Å²) in [4.78, 5) is 21.9. The summed E-state index contributed by atoms with van der Waals surface area (Å²) in [5, 5.41) is 11.6. The van der Waals surface area contributed by atoms with Crippen molar-refractivity contribution in [1.29, 1.82) is 5.26 Å². The second-order valence-electron chi connectivity index (χ2n) is 5.31. The van der Waals surface area contributed by atoms with E-state index in [-0.39, 0.29) is 11.8 Å². The molecule has 112 valence electrons. The van der Waals surface area contributed by atoms with Gasteiger partial charge in [-0.1, -0.05) is 0 Å². The largest absolute Gasteiger partial charge is 0.331 e. The van der Waals surface area contributed by atoms with Crippen LogP contribution >= 0.6 is 0 Å². The van der Waals surface area contributed by atoms with Crippen molar-refractivity contribution in [2.45, 2.75) is 13.0 Å². The van der Waals surface area contributed by atoms with Crippen molar-refractivity contribution >= 4 is 11.7 Å². The molecule has 0 aliphatic carbocycles. The lowest BCUT2D eigenvalue weighted by molar-refractivity contribution is -0.119. The van der Waals surface area contributed by atoms with Crippen LogP contribution in [0.4, 0.5) is 5.82 Å². The molecule has 0 bridgehead atoms. The molecule has 3 heterocycles. The van der Waals surface area contributed by atoms with E-state index >= 15 is 0 Å². The third kappa shape index (κ3) is 3.23. The molecule has 7 heteroatoms. The summed E-state index contributed by atoms with van der Waals surface area (Å²) < 4.78 is 1.90. The van der Waals surface area contributed by atoms with E-state index in [1.807, 2.05) is 16.7 Å². The molecule has 7 nitrogen and oxygen atoms in total. The monoisotopic (exact) mass is 296 g/mol. The Morgan fingerprint density at radius 3 is 3.00 bits per heavy atom. The Kier molecular flexibility index (Phi) is 4.01. The summed E-state index contributed by atoms with van der Waals surface area (Å²) in [5.41, 5.74) is 1.12. The maximum atomic E-state index is 12.1. The summed E-state index contributed by atoms with van der Waals surface area (Å²) in [6.45, 7) is 1.81. The van der Waals surface area contributed by atoms with Crippen molar-refractivity contribution < 1.29 is 4.79 Å². The zero-order valence-electron chi connectivity index (χ0n) is 12.0. The molecule has 22 heavy (non-hydrogen) atoms. The Hall–Kier alpha value is -2.88. The summed E-state index contributed by atoms with van der Waals surface area (Å²) >= 11 is 0. The number of hydrogen-bond acceptors (Lipinski definition) is 5. The zero-order valence-corrected chi connectivity index (χ0v) is 12.0. The molecule has 3 rings (SSSR count). The van der Waals surface area contributed by atoms with E-state index < -0.39 is 0 Å². The number of carbonyl (C=O) groups excluding carboxylic acids is 1. The van der Waals surface area contributed by atoms with E-state index in [0.29, 0.717) is 31.9 Å². The van der Waals surface area contributed by atoms with Crippen LogP contribution in [-0.4, -0.2) is 38.4 Å². The Morgan fingerprint density at radius 1 is 1.45 bits per heavy atom. The number of pyridine rings is 1. The molecule has 1 unspecified atom stereocenters. The maximum Gasteiger partial charge on any atom is 0.230 e. The van der Waals surface area contributed by atoms with Crippen molar-refractivity contribution in [3.05, 3.63) is 42.6 Å². The second-order valence-corrected chi connectivity index (χ2v) is 5.31. The SMILES string of the molecule is N#CN1CCC(C(=O)Nc2cn(Cc3ccncc3)cn2)C1. The van der Waals surface area contributed by atoms with Crippen LogP contribution in [0.1, 0.15) is 12.0 Å². The van der Waals surface area contributed by atoms with Gasteiger partial charge in [0.05, 0.1) is 12.2 Å². The standard InChI is InChI=1S/C15H16N6O/c16-10-20-6-3-13(8-20)15(22)19-14-9-21(11-18-14)7-12-1-4-17-5-2-12/h1-2,4-5,9,11,13H,3,6-8H2,(H,19,22). The van der Waals surface area contributed by atoms with Gasteiger partial charge in [-0.2, -0.15) is 5.26 Å². The summed E-state index contributed by atoms with van der Waals surface area (Å²) in [5.74, 6) is 0.311. The van der Waals surface area contributed by atoms with Gasteiger partial charge in [0.1, 0.15) is 0 Å². The molecule has 2 aromatic heterocycles. The average Bonchev–Trinajstić information content (AvgIpc) is 3.17. The number of rotatable bonds is 4. The van der Waals surface area contributed by atoms with E-state index in [1.165, 1.54) is 0 Å². The van der Waals surface area contributed by atoms with E-state index in [9.17, 15) is 4.79 Å². The highest BCUT2D eigenvalue weighted by Gasteiger charge is 2.28. The molecular formula is C15H16N6O. The van der Waals surface area contributed by atoms with Crippen molar-refractivity contribution in [2.24, 2.45) is 5.92 Å². The van der Waals surface area contributed by atoms with Gasteiger partial charge in [0.25, 0.3) is 0 Å². The number of carbonyl (C=O) groups is 1. The van der Waals surface area contributed by atoms with Crippen LogP contribution in [-0.2, 0) is 11.3 Å². The normalized spacial score (nSPS) is 17.2. The predicted molar refractivity (Wildman–Crippen MR) is 79.5 cm³/mol. The Labute approximate surface area is 128 Å². The van der Waals surface area contributed by atoms with Crippen LogP contribution in [0.3, 0.4) is 0 Å². The van der Waals surface area contributed by atoms with E-state index in [2.05, 4.69) is 21.5 Å². The van der Waals surface area contributed by atoms with Gasteiger partial charge in [-0.3, -0.25) is 9.78 Å². The Morgan fingerprint density at radius 2 is 2.27 bits per heavy atom. The van der Waals surface area contributed by atoms with Crippen LogP contribution in [0.2, 0.25) is 0 Å². The van der Waals surface area contributed by atoms with Gasteiger partial charge in [-0.15, -0.1) is 0 Å². The van der Waals surface area contributed by atoms with Gasteiger partial charge in [0, 0.05) is 38.2 Å². The first-order chi connectivity index (χ1) is 10.7. The summed E-state index contributed by atoms with van der Waals surface area (Å²) in [6, 6.07) is 3.88. The van der Waals surface area contributed by atoms with Crippen LogP contribution in [0, 0.1) is 17.4 Å². The molecule has 1 aliphatic rings. The summed E-state index contributed by atoms with van der Waals surface area (Å²) in [7, 11) is 0. The van der Waals surface area contributed by atoms with Crippen molar-refractivity contribution in [1.82, 2.24) is 19.4 Å². The number of nitrogens with one attached hydrogen (secondary N) is 1. The van der Waals surface area contributed by atoms with E-state index in [0.717, 1.165) is 5.56 Å². The lowest BCUT2D eigenvalue weighted by Crippen LogP contribution is -2.25. The molecule has 1 fully saturated rings. The van der Waals surface area contributed by atoms with E-state index in [4.69, 9.17) is 5.26 Å². The topological polar surface area (TPSA) is 86.8 Å². The fourth-order valence-electron chi connectivity index (χ4n) is 2.50. The minimum absolute atomic E-state index is 0.0769. The molecule has 1 atom stereocenters. The first-order valence-corrected chi connectivity index (χ1v) is 7.11. The highest BCUT2D eigenvalue weighted by molar-refractivity contribution is 5.91. The van der Waals surface area contributed by atoms with Crippen molar-refractivity contribution in [3.63, 3.8) is 0 Å². The molecule has 0 aromatic carbocycles. The fourth-order valence-corrected chi connectivity index (χ4v) is 2.50. The van der Waals surface area contributed by atoms with Crippen molar-refractivity contribution in [2.75, 3.05) is 18.4 Å². The third-order valence-electron chi connectivity index (χ3n) is 3.70. The van der Waals surface area contributed by atoms with Gasteiger partial charge in [0.15, 0.2) is 12.0 Å². The molecule has 0 saturated carbocycles. The van der Waals surface area contributed by atoms with Crippen molar-refractivity contribution in [3.8, 4) is 6.19 Å². The second kappa shape index (κ2) is 6.26. The van der Waals surface area contributed by atoms with Crippen LogP contribution in [0.15, 0.2) is 37.1 Å². The third-order valence-corrected chi connectivity index (χ3v) is 3.70. The molecule has 1 saturated heterocycles. The smallest absolute Gasteiger partial charge is 0.230 e. The number of imidazole rings is 1. The Balaban J connectivity index is 1.58. The fraction of sp³-hybridized carbons (Fsp3) is 0.333.